The molecule has 30 heavy (non-hydrogen) atoms. The zero-order valence-corrected chi connectivity index (χ0v) is 20.2. The van der Waals surface area contributed by atoms with Crippen LogP contribution in [-0.4, -0.2) is 38.7 Å². The molecule has 0 unspecified atom stereocenters. The molecule has 0 aromatic carbocycles. The van der Waals surface area contributed by atoms with Crippen molar-refractivity contribution >= 4 is 31.0 Å². The van der Waals surface area contributed by atoms with Gasteiger partial charge in [0.15, 0.2) is 13.4 Å². The molecule has 0 saturated heterocycles. The van der Waals surface area contributed by atoms with Crippen LogP contribution >= 0.6 is 11.8 Å². The van der Waals surface area contributed by atoms with Crippen LogP contribution in [0.4, 0.5) is 0 Å². The van der Waals surface area contributed by atoms with E-state index in [0.29, 0.717) is 0 Å². The smallest absolute Gasteiger partial charge is 0.187 e. The molecule has 7 heteroatoms. The van der Waals surface area contributed by atoms with Gasteiger partial charge in [0.2, 0.25) is 0 Å². The molecule has 0 spiro atoms. The number of nitrogens with zero attached hydrogens (tertiary/aromatic N) is 5. The molecular formula is C23H27N5SSi. The van der Waals surface area contributed by atoms with E-state index in [1.165, 1.54) is 0 Å². The van der Waals surface area contributed by atoms with Gasteiger partial charge in [-0.25, -0.2) is 15.0 Å². The predicted molar refractivity (Wildman–Crippen MR) is 128 cm³/mol. The average Bonchev–Trinajstić information content (AvgIpc) is 3.13. The van der Waals surface area contributed by atoms with Crippen molar-refractivity contribution in [2.75, 3.05) is 6.26 Å². The molecule has 0 amide bonds. The van der Waals surface area contributed by atoms with Crippen molar-refractivity contribution in [1.29, 1.82) is 0 Å². The number of rotatable bonds is 4. The third kappa shape index (κ3) is 3.56. The van der Waals surface area contributed by atoms with Gasteiger partial charge in [-0.15, -0.1) is 0 Å². The maximum Gasteiger partial charge on any atom is 0.187 e. The summed E-state index contributed by atoms with van der Waals surface area (Å²) in [6.45, 7) is 11.8. The molecule has 0 bridgehead atoms. The maximum absolute atomic E-state index is 4.95. The molecule has 4 heterocycles. The zero-order chi connectivity index (χ0) is 21.5. The van der Waals surface area contributed by atoms with Gasteiger partial charge >= 0.3 is 0 Å². The van der Waals surface area contributed by atoms with Crippen molar-refractivity contribution < 1.29 is 0 Å². The Morgan fingerprint density at radius 1 is 1.00 bits per heavy atom. The van der Waals surface area contributed by atoms with Gasteiger partial charge in [-0.05, 0) is 29.5 Å². The van der Waals surface area contributed by atoms with Crippen LogP contribution in [0.15, 0.2) is 60.4 Å². The monoisotopic (exact) mass is 433 g/mol. The lowest BCUT2D eigenvalue weighted by molar-refractivity contribution is 0.702. The second-order valence-corrected chi connectivity index (χ2v) is 14.9. The predicted octanol–water partition coefficient (Wildman–Crippen LogP) is 6.13. The molecule has 0 radical (unpaired) electrons. The fourth-order valence-electron chi connectivity index (χ4n) is 3.38. The quantitative estimate of drug-likeness (QED) is 0.220. The summed E-state index contributed by atoms with van der Waals surface area (Å²) >= 11 is 1.56. The second kappa shape index (κ2) is 7.63. The van der Waals surface area contributed by atoms with Gasteiger partial charge in [0.05, 0.1) is 5.69 Å². The molecular weight excluding hydrogens is 406 g/mol. The van der Waals surface area contributed by atoms with E-state index < -0.39 is 8.24 Å². The summed E-state index contributed by atoms with van der Waals surface area (Å²) in [5.74, 6) is 0. The van der Waals surface area contributed by atoms with E-state index in [0.717, 1.165) is 38.6 Å². The summed E-state index contributed by atoms with van der Waals surface area (Å²) in [6.07, 6.45) is 11.7. The van der Waals surface area contributed by atoms with Crippen molar-refractivity contribution in [3.05, 3.63) is 55.2 Å². The van der Waals surface area contributed by atoms with Crippen molar-refractivity contribution in [3.8, 4) is 22.4 Å². The van der Waals surface area contributed by atoms with Gasteiger partial charge in [-0.2, -0.15) is 0 Å². The van der Waals surface area contributed by atoms with Crippen LogP contribution in [-0.2, 0) is 0 Å². The number of hydrogen-bond acceptors (Lipinski definition) is 5. The molecule has 0 aliphatic rings. The first-order valence-electron chi connectivity index (χ1n) is 10.0. The Morgan fingerprint density at radius 3 is 2.47 bits per heavy atom. The number of pyridine rings is 2. The highest BCUT2D eigenvalue weighted by atomic mass is 32.2. The maximum atomic E-state index is 4.95. The summed E-state index contributed by atoms with van der Waals surface area (Å²) in [5.41, 5.74) is 5.18. The fourth-order valence-corrected chi connectivity index (χ4v) is 5.62. The van der Waals surface area contributed by atoms with Crippen LogP contribution in [0, 0.1) is 0 Å². The van der Waals surface area contributed by atoms with Gasteiger partial charge in [-0.1, -0.05) is 51.7 Å². The minimum atomic E-state index is -1.88. The van der Waals surface area contributed by atoms with Crippen LogP contribution in [0.5, 0.6) is 0 Å². The van der Waals surface area contributed by atoms with Gasteiger partial charge in [0.25, 0.3) is 0 Å². The number of fused-ring (bicyclic) bond motifs is 1. The van der Waals surface area contributed by atoms with E-state index in [1.54, 1.807) is 18.0 Å². The minimum absolute atomic E-state index is 0.177. The van der Waals surface area contributed by atoms with Crippen LogP contribution in [0.1, 0.15) is 20.8 Å². The topological polar surface area (TPSA) is 56.5 Å². The van der Waals surface area contributed by atoms with Gasteiger partial charge < -0.3 is 4.23 Å². The first-order chi connectivity index (χ1) is 14.2. The second-order valence-electron chi connectivity index (χ2n) is 8.99. The Labute approximate surface area is 183 Å². The van der Waals surface area contributed by atoms with Crippen LogP contribution in [0.25, 0.3) is 33.4 Å². The van der Waals surface area contributed by atoms with Gasteiger partial charge in [0, 0.05) is 53.1 Å². The van der Waals surface area contributed by atoms with E-state index in [9.17, 15) is 0 Å². The lowest BCUT2D eigenvalue weighted by atomic mass is 10.1. The van der Waals surface area contributed by atoms with Crippen LogP contribution in [0.2, 0.25) is 18.1 Å². The van der Waals surface area contributed by atoms with Crippen molar-refractivity contribution in [2.24, 2.45) is 0 Å². The molecule has 0 saturated carbocycles. The van der Waals surface area contributed by atoms with Crippen molar-refractivity contribution in [1.82, 2.24) is 24.2 Å². The largest absolute Gasteiger partial charge is 0.359 e. The SMILES string of the molecule is CSc1nccc(-c2cn([Si](C)(C)C(C)(C)C)c3ncc(-c4cccnc4)cc23)n1. The highest BCUT2D eigenvalue weighted by molar-refractivity contribution is 7.98. The van der Waals surface area contributed by atoms with Gasteiger partial charge in [-0.3, -0.25) is 4.98 Å². The summed E-state index contributed by atoms with van der Waals surface area (Å²) in [4.78, 5) is 18.4. The minimum Gasteiger partial charge on any atom is -0.359 e. The molecule has 0 aliphatic carbocycles. The Kier molecular flexibility index (Phi) is 5.28. The van der Waals surface area contributed by atoms with Crippen molar-refractivity contribution in [2.45, 2.75) is 44.1 Å². The molecule has 0 atom stereocenters. The third-order valence-electron chi connectivity index (χ3n) is 6.17. The Morgan fingerprint density at radius 2 is 1.80 bits per heavy atom. The number of hydrogen-bond donors (Lipinski definition) is 0. The Hall–Kier alpha value is -2.51. The summed E-state index contributed by atoms with van der Waals surface area (Å²) in [6, 6.07) is 8.23. The lowest BCUT2D eigenvalue weighted by Gasteiger charge is -2.38. The molecule has 5 nitrogen and oxygen atoms in total. The summed E-state index contributed by atoms with van der Waals surface area (Å²) in [7, 11) is -1.88. The standard InChI is InChI=1S/C23H27N5SSi/c1-23(2,3)30(5,6)28-15-19(20-9-11-25-22(27-20)29-4)18-12-17(14-26-21(18)28)16-8-7-10-24-13-16/h7-15H,1-6H3. The number of thioether (sulfide) groups is 1. The zero-order valence-electron chi connectivity index (χ0n) is 18.3. The first-order valence-corrected chi connectivity index (χ1v) is 14.2. The van der Waals surface area contributed by atoms with E-state index in [2.05, 4.69) is 66.4 Å². The fraction of sp³-hybridized carbons (Fsp3) is 0.304. The van der Waals surface area contributed by atoms with E-state index in [4.69, 9.17) is 9.97 Å². The van der Waals surface area contributed by atoms with E-state index in [-0.39, 0.29) is 5.04 Å². The third-order valence-corrected chi connectivity index (χ3v) is 11.9. The molecule has 4 aromatic rings. The van der Waals surface area contributed by atoms with Crippen LogP contribution < -0.4 is 0 Å². The highest BCUT2D eigenvalue weighted by Gasteiger charge is 2.39. The van der Waals surface area contributed by atoms with E-state index in [1.807, 2.05) is 37.0 Å². The van der Waals surface area contributed by atoms with Gasteiger partial charge in [0.1, 0.15) is 5.65 Å². The van der Waals surface area contributed by atoms with Crippen LogP contribution in [0.3, 0.4) is 0 Å². The molecule has 4 rings (SSSR count). The first kappa shape index (κ1) is 20.7. The Bertz CT molecular complexity index is 1200. The molecule has 0 fully saturated rings. The lowest BCUT2D eigenvalue weighted by Crippen LogP contribution is -2.45. The molecule has 0 N–H and O–H groups in total. The highest BCUT2D eigenvalue weighted by Crippen LogP contribution is 2.41. The molecule has 4 aromatic heterocycles. The normalized spacial score (nSPS) is 12.5. The van der Waals surface area contributed by atoms with Crippen molar-refractivity contribution in [3.63, 3.8) is 0 Å². The van der Waals surface area contributed by atoms with E-state index >= 15 is 0 Å². The molecule has 0 aliphatic heterocycles. The summed E-state index contributed by atoms with van der Waals surface area (Å²) < 4.78 is 2.44. The molecule has 154 valence electrons. The Balaban J connectivity index is 2.01. The summed E-state index contributed by atoms with van der Waals surface area (Å²) in [5, 5.41) is 2.07. The average molecular weight is 434 g/mol. The number of aromatic nitrogens is 5.